The molecule has 0 spiro atoms. The van der Waals surface area contributed by atoms with Gasteiger partial charge in [0, 0.05) is 19.6 Å². The third-order valence-corrected chi connectivity index (χ3v) is 6.29. The van der Waals surface area contributed by atoms with E-state index in [4.69, 9.17) is 14.7 Å². The molecule has 0 aliphatic carbocycles. The van der Waals surface area contributed by atoms with Crippen molar-refractivity contribution in [1.29, 1.82) is 0 Å². The van der Waals surface area contributed by atoms with Crippen molar-refractivity contribution in [2.24, 2.45) is 0 Å². The molecule has 3 aromatic rings. The summed E-state index contributed by atoms with van der Waals surface area (Å²) in [7, 11) is 1.70. The lowest BCUT2D eigenvalue weighted by molar-refractivity contribution is 0.237. The zero-order valence-corrected chi connectivity index (χ0v) is 18.0. The molecular formula is C23H25N5OS. The fraction of sp³-hybridized carbons (Fsp3) is 0.304. The summed E-state index contributed by atoms with van der Waals surface area (Å²) in [5.41, 5.74) is 7.33. The Bertz CT molecular complexity index is 1030. The van der Waals surface area contributed by atoms with Crippen LogP contribution in [0.15, 0.2) is 59.8 Å². The second-order valence-electron chi connectivity index (χ2n) is 7.60. The van der Waals surface area contributed by atoms with Crippen molar-refractivity contribution in [3.05, 3.63) is 71.3 Å². The minimum absolute atomic E-state index is 0.290. The highest BCUT2D eigenvalue weighted by atomic mass is 32.2. The molecule has 1 unspecified atom stereocenters. The zero-order chi connectivity index (χ0) is 20.5. The second kappa shape index (κ2) is 8.16. The standard InChI is InChI=1S/C23H25N5OS/c1-29-18-10-8-17(9-11-18)14-27-13-12-19-20-21(24-23(30-2)25-22(20)27)26-28(19)15-16-6-4-3-5-7-16/h3-11,19H,12-15H2,1-2H3,(H,24,25,26). The van der Waals surface area contributed by atoms with Gasteiger partial charge in [0.25, 0.3) is 0 Å². The van der Waals surface area contributed by atoms with Gasteiger partial charge in [0.15, 0.2) is 11.0 Å². The third kappa shape index (κ3) is 3.59. The van der Waals surface area contributed by atoms with E-state index in [1.54, 1.807) is 18.9 Å². The topological polar surface area (TPSA) is 53.5 Å². The molecule has 6 nitrogen and oxygen atoms in total. The number of hydrazine groups is 1. The van der Waals surface area contributed by atoms with Crippen molar-refractivity contribution in [1.82, 2.24) is 15.0 Å². The van der Waals surface area contributed by atoms with Crippen LogP contribution in [0.2, 0.25) is 0 Å². The molecule has 7 heteroatoms. The van der Waals surface area contributed by atoms with E-state index in [1.807, 2.05) is 18.4 Å². The Morgan fingerprint density at radius 1 is 1.03 bits per heavy atom. The zero-order valence-electron chi connectivity index (χ0n) is 17.2. The van der Waals surface area contributed by atoms with Gasteiger partial charge < -0.3 is 15.1 Å². The van der Waals surface area contributed by atoms with Crippen molar-refractivity contribution in [3.8, 4) is 5.75 Å². The van der Waals surface area contributed by atoms with Crippen molar-refractivity contribution in [3.63, 3.8) is 0 Å². The van der Waals surface area contributed by atoms with Crippen LogP contribution in [0, 0.1) is 0 Å². The Morgan fingerprint density at radius 3 is 2.53 bits per heavy atom. The van der Waals surface area contributed by atoms with E-state index in [-0.39, 0.29) is 0 Å². The predicted molar refractivity (Wildman–Crippen MR) is 121 cm³/mol. The lowest BCUT2D eigenvalue weighted by Crippen LogP contribution is -2.36. The van der Waals surface area contributed by atoms with Crippen LogP contribution in [0.5, 0.6) is 5.75 Å². The number of anilines is 2. The summed E-state index contributed by atoms with van der Waals surface area (Å²) < 4.78 is 5.29. The number of benzene rings is 2. The first-order valence-corrected chi connectivity index (χ1v) is 11.4. The molecule has 0 bridgehead atoms. The molecule has 154 valence electrons. The molecule has 2 aliphatic rings. The number of hydrogen-bond donors (Lipinski definition) is 1. The highest BCUT2D eigenvalue weighted by Crippen LogP contribution is 2.46. The van der Waals surface area contributed by atoms with Crippen LogP contribution >= 0.6 is 11.8 Å². The van der Waals surface area contributed by atoms with Crippen LogP contribution in [-0.4, -0.2) is 34.9 Å². The molecule has 0 saturated heterocycles. The van der Waals surface area contributed by atoms with Crippen LogP contribution in [0.25, 0.3) is 0 Å². The van der Waals surface area contributed by atoms with E-state index in [0.717, 1.165) is 48.6 Å². The van der Waals surface area contributed by atoms with Crippen LogP contribution in [0.3, 0.4) is 0 Å². The molecule has 1 aromatic heterocycles. The summed E-state index contributed by atoms with van der Waals surface area (Å²) in [6, 6.07) is 19.2. The SMILES string of the molecule is COc1ccc(CN2CCC3c4c(nc(SC)nc42)NN3Cc2ccccc2)cc1. The maximum absolute atomic E-state index is 5.29. The summed E-state index contributed by atoms with van der Waals surface area (Å²) >= 11 is 1.58. The van der Waals surface area contributed by atoms with Crippen LogP contribution in [-0.2, 0) is 13.1 Å². The molecule has 0 fully saturated rings. The molecule has 2 aliphatic heterocycles. The van der Waals surface area contributed by atoms with Gasteiger partial charge in [0.05, 0.1) is 18.7 Å². The Balaban J connectivity index is 1.44. The van der Waals surface area contributed by atoms with E-state index in [0.29, 0.717) is 6.04 Å². The summed E-state index contributed by atoms with van der Waals surface area (Å²) in [4.78, 5) is 12.1. The van der Waals surface area contributed by atoms with E-state index >= 15 is 0 Å². The van der Waals surface area contributed by atoms with Crippen LogP contribution in [0.4, 0.5) is 11.6 Å². The normalized spacial score (nSPS) is 17.5. The number of nitrogens with one attached hydrogen (secondary N) is 1. The average molecular weight is 420 g/mol. The van der Waals surface area contributed by atoms with Gasteiger partial charge in [-0.1, -0.05) is 54.2 Å². The molecular weight excluding hydrogens is 394 g/mol. The molecule has 0 radical (unpaired) electrons. The van der Waals surface area contributed by atoms with Gasteiger partial charge in [-0.3, -0.25) is 0 Å². The van der Waals surface area contributed by atoms with Gasteiger partial charge in [-0.25, -0.2) is 15.0 Å². The van der Waals surface area contributed by atoms with Crippen molar-refractivity contribution < 1.29 is 4.74 Å². The first kappa shape index (κ1) is 19.2. The Labute approximate surface area is 181 Å². The van der Waals surface area contributed by atoms with Crippen LogP contribution < -0.4 is 15.1 Å². The molecule has 30 heavy (non-hydrogen) atoms. The van der Waals surface area contributed by atoms with Gasteiger partial charge in [0.2, 0.25) is 0 Å². The van der Waals surface area contributed by atoms with Crippen molar-refractivity contribution in [2.75, 3.05) is 30.2 Å². The average Bonchev–Trinajstić information content (AvgIpc) is 3.14. The Morgan fingerprint density at radius 2 is 1.80 bits per heavy atom. The Hall–Kier alpha value is -2.77. The summed E-state index contributed by atoms with van der Waals surface area (Å²) in [5.74, 6) is 2.88. The molecule has 0 amide bonds. The van der Waals surface area contributed by atoms with E-state index in [2.05, 4.69) is 57.8 Å². The molecule has 1 N–H and O–H groups in total. The molecule has 5 rings (SSSR count). The largest absolute Gasteiger partial charge is 0.497 e. The first-order chi connectivity index (χ1) is 14.7. The molecule has 0 saturated carbocycles. The number of ether oxygens (including phenoxy) is 1. The minimum Gasteiger partial charge on any atom is -0.497 e. The monoisotopic (exact) mass is 419 g/mol. The summed E-state index contributed by atoms with van der Waals surface area (Å²) in [6.07, 6.45) is 3.07. The highest BCUT2D eigenvalue weighted by Gasteiger charge is 2.39. The second-order valence-corrected chi connectivity index (χ2v) is 8.37. The van der Waals surface area contributed by atoms with Gasteiger partial charge in [-0.05, 0) is 35.9 Å². The number of nitrogens with zero attached hydrogens (tertiary/aromatic N) is 4. The fourth-order valence-electron chi connectivity index (χ4n) is 4.25. The number of methoxy groups -OCH3 is 1. The summed E-state index contributed by atoms with van der Waals surface area (Å²) in [5, 5.41) is 3.12. The highest BCUT2D eigenvalue weighted by molar-refractivity contribution is 7.98. The van der Waals surface area contributed by atoms with Gasteiger partial charge in [-0.15, -0.1) is 0 Å². The number of rotatable bonds is 6. The molecule has 1 atom stereocenters. The molecule has 2 aromatic carbocycles. The third-order valence-electron chi connectivity index (χ3n) is 5.75. The number of aromatic nitrogens is 2. The summed E-state index contributed by atoms with van der Waals surface area (Å²) in [6.45, 7) is 2.63. The molecule has 3 heterocycles. The van der Waals surface area contributed by atoms with E-state index in [9.17, 15) is 0 Å². The number of hydrogen-bond acceptors (Lipinski definition) is 7. The minimum atomic E-state index is 0.290. The fourth-order valence-corrected chi connectivity index (χ4v) is 4.61. The Kier molecular flexibility index (Phi) is 5.23. The maximum atomic E-state index is 5.29. The van der Waals surface area contributed by atoms with Gasteiger partial charge >= 0.3 is 0 Å². The maximum Gasteiger partial charge on any atom is 0.191 e. The van der Waals surface area contributed by atoms with Crippen molar-refractivity contribution in [2.45, 2.75) is 30.7 Å². The van der Waals surface area contributed by atoms with Gasteiger partial charge in [0.1, 0.15) is 11.6 Å². The lowest BCUT2D eigenvalue weighted by atomic mass is 10.00. The predicted octanol–water partition coefficient (Wildman–Crippen LogP) is 4.50. The van der Waals surface area contributed by atoms with Gasteiger partial charge in [-0.2, -0.15) is 0 Å². The first-order valence-electron chi connectivity index (χ1n) is 10.2. The number of thioether (sulfide) groups is 1. The van der Waals surface area contributed by atoms with E-state index < -0.39 is 0 Å². The smallest absolute Gasteiger partial charge is 0.191 e. The van der Waals surface area contributed by atoms with E-state index in [1.165, 1.54) is 16.7 Å². The quantitative estimate of drug-likeness (QED) is 0.466. The van der Waals surface area contributed by atoms with Crippen LogP contribution in [0.1, 0.15) is 29.2 Å². The van der Waals surface area contributed by atoms with Crippen molar-refractivity contribution >= 4 is 23.4 Å². The lowest BCUT2D eigenvalue weighted by Gasteiger charge is -2.34.